The fourth-order valence-electron chi connectivity index (χ4n) is 1.23. The van der Waals surface area contributed by atoms with E-state index in [2.05, 4.69) is 25.8 Å². The predicted octanol–water partition coefficient (Wildman–Crippen LogP) is 1.60. The quantitative estimate of drug-likeness (QED) is 0.710. The minimum atomic E-state index is -0.363. The lowest BCUT2D eigenvalue weighted by molar-refractivity contribution is 0.187. The SMILES string of the molecule is CC(O)CC1=NC(C(C)(C)C)CO1. The van der Waals surface area contributed by atoms with Gasteiger partial charge in [0.2, 0.25) is 0 Å². The number of nitrogens with zero attached hydrogens (tertiary/aromatic N) is 1. The lowest BCUT2D eigenvalue weighted by atomic mass is 9.88. The molecule has 13 heavy (non-hydrogen) atoms. The van der Waals surface area contributed by atoms with Crippen LogP contribution in [0.2, 0.25) is 0 Å². The van der Waals surface area contributed by atoms with Gasteiger partial charge >= 0.3 is 0 Å². The van der Waals surface area contributed by atoms with Gasteiger partial charge in [-0.25, -0.2) is 4.99 Å². The maximum absolute atomic E-state index is 9.14. The molecular weight excluding hydrogens is 166 g/mol. The molecule has 0 saturated carbocycles. The van der Waals surface area contributed by atoms with Crippen LogP contribution in [0.1, 0.15) is 34.1 Å². The van der Waals surface area contributed by atoms with E-state index in [0.29, 0.717) is 18.9 Å². The number of hydrogen-bond donors (Lipinski definition) is 1. The average Bonchev–Trinajstić information content (AvgIpc) is 2.32. The summed E-state index contributed by atoms with van der Waals surface area (Å²) in [5, 5.41) is 9.14. The van der Waals surface area contributed by atoms with Crippen LogP contribution >= 0.6 is 0 Å². The molecule has 2 atom stereocenters. The molecule has 1 aliphatic heterocycles. The van der Waals surface area contributed by atoms with Gasteiger partial charge in [0, 0.05) is 6.42 Å². The van der Waals surface area contributed by atoms with Crippen molar-refractivity contribution in [2.24, 2.45) is 10.4 Å². The van der Waals surface area contributed by atoms with Crippen molar-refractivity contribution >= 4 is 5.90 Å². The van der Waals surface area contributed by atoms with E-state index in [9.17, 15) is 0 Å². The number of aliphatic hydroxyl groups excluding tert-OH is 1. The molecule has 1 N–H and O–H groups in total. The maximum atomic E-state index is 9.14. The lowest BCUT2D eigenvalue weighted by Gasteiger charge is -2.21. The van der Waals surface area contributed by atoms with Gasteiger partial charge in [0.15, 0.2) is 5.90 Å². The van der Waals surface area contributed by atoms with Gasteiger partial charge in [-0.3, -0.25) is 0 Å². The first-order valence-corrected chi connectivity index (χ1v) is 4.77. The van der Waals surface area contributed by atoms with E-state index in [1.807, 2.05) is 0 Å². The van der Waals surface area contributed by atoms with Gasteiger partial charge in [-0.1, -0.05) is 20.8 Å². The minimum absolute atomic E-state index is 0.153. The third kappa shape index (κ3) is 2.99. The molecule has 3 nitrogen and oxygen atoms in total. The Labute approximate surface area is 79.8 Å². The molecule has 0 aromatic carbocycles. The molecule has 0 aromatic heterocycles. The Hall–Kier alpha value is -0.570. The fraction of sp³-hybridized carbons (Fsp3) is 0.900. The third-order valence-electron chi connectivity index (χ3n) is 2.18. The summed E-state index contributed by atoms with van der Waals surface area (Å²) < 4.78 is 5.39. The Morgan fingerprint density at radius 3 is 2.62 bits per heavy atom. The Morgan fingerprint density at radius 1 is 1.62 bits per heavy atom. The van der Waals surface area contributed by atoms with Crippen molar-refractivity contribution in [2.75, 3.05) is 6.61 Å². The Kier molecular flexibility index (Phi) is 2.96. The third-order valence-corrected chi connectivity index (χ3v) is 2.18. The summed E-state index contributed by atoms with van der Waals surface area (Å²) in [6, 6.07) is 0.237. The van der Waals surface area contributed by atoms with Crippen LogP contribution in [-0.2, 0) is 4.74 Å². The number of hydrogen-bond acceptors (Lipinski definition) is 3. The van der Waals surface area contributed by atoms with Crippen LogP contribution < -0.4 is 0 Å². The summed E-state index contributed by atoms with van der Waals surface area (Å²) in [5.41, 5.74) is 0.153. The van der Waals surface area contributed by atoms with E-state index in [4.69, 9.17) is 9.84 Å². The van der Waals surface area contributed by atoms with Crippen molar-refractivity contribution in [1.82, 2.24) is 0 Å². The first-order valence-electron chi connectivity index (χ1n) is 4.77. The van der Waals surface area contributed by atoms with E-state index in [0.717, 1.165) is 0 Å². The van der Waals surface area contributed by atoms with Crippen LogP contribution in [0.25, 0.3) is 0 Å². The molecule has 0 spiro atoms. The van der Waals surface area contributed by atoms with Crippen LogP contribution in [-0.4, -0.2) is 29.8 Å². The van der Waals surface area contributed by atoms with E-state index < -0.39 is 0 Å². The van der Waals surface area contributed by atoms with Crippen molar-refractivity contribution in [1.29, 1.82) is 0 Å². The highest BCUT2D eigenvalue weighted by molar-refractivity contribution is 5.78. The normalized spacial score (nSPS) is 25.3. The number of rotatable bonds is 2. The van der Waals surface area contributed by atoms with Crippen LogP contribution in [0.4, 0.5) is 0 Å². The first kappa shape index (κ1) is 10.5. The zero-order chi connectivity index (χ0) is 10.1. The molecule has 1 rings (SSSR count). The number of aliphatic hydroxyl groups is 1. The minimum Gasteiger partial charge on any atom is -0.479 e. The van der Waals surface area contributed by atoms with Crippen LogP contribution in [0.5, 0.6) is 0 Å². The van der Waals surface area contributed by atoms with Crippen LogP contribution in [0.3, 0.4) is 0 Å². The summed E-state index contributed by atoms with van der Waals surface area (Å²) in [6.45, 7) is 8.85. The van der Waals surface area contributed by atoms with E-state index >= 15 is 0 Å². The van der Waals surface area contributed by atoms with Crippen molar-refractivity contribution in [3.05, 3.63) is 0 Å². The topological polar surface area (TPSA) is 41.8 Å². The van der Waals surface area contributed by atoms with Gasteiger partial charge < -0.3 is 9.84 Å². The maximum Gasteiger partial charge on any atom is 0.186 e. The van der Waals surface area contributed by atoms with Crippen LogP contribution in [0.15, 0.2) is 4.99 Å². The van der Waals surface area contributed by atoms with E-state index in [-0.39, 0.29) is 17.6 Å². The van der Waals surface area contributed by atoms with Crippen molar-refractivity contribution in [3.63, 3.8) is 0 Å². The number of ether oxygens (including phenoxy) is 1. The van der Waals surface area contributed by atoms with Crippen molar-refractivity contribution in [3.8, 4) is 0 Å². The molecule has 0 amide bonds. The highest BCUT2D eigenvalue weighted by Gasteiger charge is 2.30. The largest absolute Gasteiger partial charge is 0.479 e. The van der Waals surface area contributed by atoms with Crippen molar-refractivity contribution < 1.29 is 9.84 Å². The van der Waals surface area contributed by atoms with E-state index in [1.54, 1.807) is 6.92 Å². The van der Waals surface area contributed by atoms with Gasteiger partial charge in [0.1, 0.15) is 6.61 Å². The first-order chi connectivity index (χ1) is 5.89. The highest BCUT2D eigenvalue weighted by atomic mass is 16.5. The number of aliphatic imine (C=N–C) groups is 1. The second-order valence-electron chi connectivity index (χ2n) is 4.77. The Bertz CT molecular complexity index is 203. The molecule has 0 radical (unpaired) electrons. The van der Waals surface area contributed by atoms with Gasteiger partial charge in [0.25, 0.3) is 0 Å². The predicted molar refractivity (Wildman–Crippen MR) is 52.9 cm³/mol. The van der Waals surface area contributed by atoms with Gasteiger partial charge in [0.05, 0.1) is 12.1 Å². The standard InChI is InChI=1S/C10H19NO2/c1-7(12)5-9-11-8(6-13-9)10(2,3)4/h7-8,12H,5-6H2,1-4H3. The molecule has 0 aliphatic carbocycles. The molecule has 0 aromatic rings. The molecule has 2 unspecified atom stereocenters. The average molecular weight is 185 g/mol. The van der Waals surface area contributed by atoms with Gasteiger partial charge in [-0.05, 0) is 12.3 Å². The lowest BCUT2D eigenvalue weighted by Crippen LogP contribution is -2.25. The summed E-state index contributed by atoms with van der Waals surface area (Å²) in [5.74, 6) is 0.704. The Balaban J connectivity index is 2.54. The molecule has 3 heteroatoms. The summed E-state index contributed by atoms with van der Waals surface area (Å²) in [4.78, 5) is 4.43. The molecule has 1 aliphatic rings. The van der Waals surface area contributed by atoms with Gasteiger partial charge in [-0.15, -0.1) is 0 Å². The zero-order valence-corrected chi connectivity index (χ0v) is 8.87. The second-order valence-corrected chi connectivity index (χ2v) is 4.77. The van der Waals surface area contributed by atoms with Crippen molar-refractivity contribution in [2.45, 2.75) is 46.3 Å². The molecule has 76 valence electrons. The highest BCUT2D eigenvalue weighted by Crippen LogP contribution is 2.26. The summed E-state index contributed by atoms with van der Waals surface area (Å²) in [6.07, 6.45) is 0.171. The summed E-state index contributed by atoms with van der Waals surface area (Å²) >= 11 is 0. The molecule has 1 heterocycles. The smallest absolute Gasteiger partial charge is 0.186 e. The molecule has 0 fully saturated rings. The Morgan fingerprint density at radius 2 is 2.23 bits per heavy atom. The second kappa shape index (κ2) is 3.66. The van der Waals surface area contributed by atoms with E-state index in [1.165, 1.54) is 0 Å². The van der Waals surface area contributed by atoms with Gasteiger partial charge in [-0.2, -0.15) is 0 Å². The molecule has 0 saturated heterocycles. The zero-order valence-electron chi connectivity index (χ0n) is 8.87. The molecule has 0 bridgehead atoms. The molecular formula is C10H19NO2. The monoisotopic (exact) mass is 185 g/mol. The summed E-state index contributed by atoms with van der Waals surface area (Å²) in [7, 11) is 0. The van der Waals surface area contributed by atoms with Crippen LogP contribution in [0, 0.1) is 5.41 Å². The fourth-order valence-corrected chi connectivity index (χ4v) is 1.23.